The molecule has 3 aliphatic rings. The van der Waals surface area contributed by atoms with Crippen LogP contribution in [-0.2, 0) is 24.5 Å². The minimum Gasteiger partial charge on any atom is -0.492 e. The standard InChI is InChI=1S/C27H32N4O7/c1-24(2,3)37-22(32)31(23(33)38-25(4,5)6)21-30-27(15-36-21)19-9-17(18-10-28-16-29-11-18)7-8-20(19)35-14-26(27)12-34-13-26/h7-11,16H,12-15H2,1-6H3. The second-order valence-electron chi connectivity index (χ2n) is 11.7. The van der Waals surface area contributed by atoms with Crippen molar-refractivity contribution in [3.05, 3.63) is 42.5 Å². The van der Waals surface area contributed by atoms with E-state index < -0.39 is 34.3 Å². The number of hydrogen-bond acceptors (Lipinski definition) is 10. The van der Waals surface area contributed by atoms with Crippen LogP contribution in [0.4, 0.5) is 9.59 Å². The largest absolute Gasteiger partial charge is 0.492 e. The molecular formula is C27H32N4O7. The molecule has 2 spiro atoms. The summed E-state index contributed by atoms with van der Waals surface area (Å²) in [4.78, 5) is 40.4. The lowest BCUT2D eigenvalue weighted by atomic mass is 9.64. The van der Waals surface area contributed by atoms with Gasteiger partial charge in [0.05, 0.1) is 18.6 Å². The van der Waals surface area contributed by atoms with E-state index in [-0.39, 0.29) is 12.6 Å². The second-order valence-corrected chi connectivity index (χ2v) is 11.7. The maximum Gasteiger partial charge on any atom is 0.428 e. The molecule has 1 unspecified atom stereocenters. The van der Waals surface area contributed by atoms with Crippen LogP contribution in [0.25, 0.3) is 11.1 Å². The van der Waals surface area contributed by atoms with Crippen LogP contribution < -0.4 is 4.74 Å². The van der Waals surface area contributed by atoms with E-state index in [0.29, 0.717) is 25.6 Å². The number of carbonyl (C=O) groups excluding carboxylic acids is 2. The number of aliphatic imine (C=N–C) groups is 1. The Balaban J connectivity index is 1.62. The number of carbonyl (C=O) groups is 2. The van der Waals surface area contributed by atoms with Gasteiger partial charge in [-0.15, -0.1) is 4.90 Å². The molecule has 1 aromatic heterocycles. The molecule has 0 N–H and O–H groups in total. The summed E-state index contributed by atoms with van der Waals surface area (Å²) in [5.41, 5.74) is -0.823. The van der Waals surface area contributed by atoms with Crippen LogP contribution in [0.5, 0.6) is 5.75 Å². The molecule has 0 aliphatic carbocycles. The van der Waals surface area contributed by atoms with Crippen molar-refractivity contribution in [2.24, 2.45) is 10.4 Å². The maximum atomic E-state index is 13.3. The lowest BCUT2D eigenvalue weighted by molar-refractivity contribution is -0.185. The summed E-state index contributed by atoms with van der Waals surface area (Å²) in [7, 11) is 0. The fourth-order valence-electron chi connectivity index (χ4n) is 4.67. The molecule has 5 rings (SSSR count). The zero-order valence-corrected chi connectivity index (χ0v) is 22.4. The Bertz CT molecular complexity index is 1250. The summed E-state index contributed by atoms with van der Waals surface area (Å²) in [6.45, 7) is 11.4. The van der Waals surface area contributed by atoms with Crippen LogP contribution >= 0.6 is 0 Å². The van der Waals surface area contributed by atoms with Gasteiger partial charge in [0.1, 0.15) is 42.0 Å². The molecule has 4 heterocycles. The second kappa shape index (κ2) is 8.93. The van der Waals surface area contributed by atoms with E-state index in [4.69, 9.17) is 28.7 Å². The number of amidine groups is 1. The molecular weight excluding hydrogens is 492 g/mol. The van der Waals surface area contributed by atoms with Gasteiger partial charge < -0.3 is 23.7 Å². The lowest BCUT2D eigenvalue weighted by Gasteiger charge is -2.53. The van der Waals surface area contributed by atoms with Gasteiger partial charge in [-0.25, -0.2) is 24.5 Å². The Hall–Kier alpha value is -3.73. The van der Waals surface area contributed by atoms with Crippen molar-refractivity contribution in [1.82, 2.24) is 14.9 Å². The van der Waals surface area contributed by atoms with Crippen molar-refractivity contribution in [3.63, 3.8) is 0 Å². The van der Waals surface area contributed by atoms with Crippen molar-refractivity contribution in [2.75, 3.05) is 26.4 Å². The number of rotatable bonds is 1. The van der Waals surface area contributed by atoms with Crippen molar-refractivity contribution in [1.29, 1.82) is 0 Å². The van der Waals surface area contributed by atoms with Gasteiger partial charge in [-0.05, 0) is 59.2 Å². The molecule has 2 aromatic rings. The highest BCUT2D eigenvalue weighted by molar-refractivity contribution is 6.06. The third kappa shape index (κ3) is 4.55. The van der Waals surface area contributed by atoms with Crippen LogP contribution in [0.2, 0.25) is 0 Å². The summed E-state index contributed by atoms with van der Waals surface area (Å²) >= 11 is 0. The first-order valence-electron chi connectivity index (χ1n) is 12.4. The molecule has 2 amide bonds. The van der Waals surface area contributed by atoms with Gasteiger partial charge in [-0.2, -0.15) is 0 Å². The van der Waals surface area contributed by atoms with Crippen LogP contribution in [-0.4, -0.2) is 70.7 Å². The average molecular weight is 525 g/mol. The van der Waals surface area contributed by atoms with E-state index in [1.807, 2.05) is 18.2 Å². The smallest absolute Gasteiger partial charge is 0.428 e. The highest BCUT2D eigenvalue weighted by Crippen LogP contribution is 2.56. The Labute approximate surface area is 221 Å². The van der Waals surface area contributed by atoms with Crippen LogP contribution in [0, 0.1) is 5.41 Å². The van der Waals surface area contributed by atoms with E-state index in [9.17, 15) is 9.59 Å². The fraction of sp³-hybridized carbons (Fsp3) is 0.519. The van der Waals surface area contributed by atoms with Gasteiger partial charge in [-0.3, -0.25) is 0 Å². The highest BCUT2D eigenvalue weighted by atomic mass is 16.6. The summed E-state index contributed by atoms with van der Waals surface area (Å²) in [5, 5.41) is 0. The first-order chi connectivity index (χ1) is 17.8. The molecule has 0 saturated carbocycles. The molecule has 1 aromatic carbocycles. The van der Waals surface area contributed by atoms with E-state index >= 15 is 0 Å². The van der Waals surface area contributed by atoms with Crippen LogP contribution in [0.1, 0.15) is 47.1 Å². The van der Waals surface area contributed by atoms with Crippen molar-refractivity contribution >= 4 is 18.2 Å². The fourth-order valence-corrected chi connectivity index (χ4v) is 4.67. The Morgan fingerprint density at radius 1 is 0.868 bits per heavy atom. The normalized spacial score (nSPS) is 21.5. The third-order valence-electron chi connectivity index (χ3n) is 6.50. The highest BCUT2D eigenvalue weighted by Gasteiger charge is 2.65. The Kier molecular flexibility index (Phi) is 6.09. The van der Waals surface area contributed by atoms with E-state index in [2.05, 4.69) is 9.97 Å². The molecule has 1 atom stereocenters. The van der Waals surface area contributed by atoms with E-state index in [1.165, 1.54) is 6.33 Å². The zero-order chi connectivity index (χ0) is 27.3. The van der Waals surface area contributed by atoms with Crippen LogP contribution in [0.3, 0.4) is 0 Å². The number of benzene rings is 1. The molecule has 38 heavy (non-hydrogen) atoms. The van der Waals surface area contributed by atoms with Crippen molar-refractivity contribution < 1.29 is 33.3 Å². The lowest BCUT2D eigenvalue weighted by Crippen LogP contribution is -2.63. The van der Waals surface area contributed by atoms with Gasteiger partial charge in [0.2, 0.25) is 0 Å². The summed E-state index contributed by atoms with van der Waals surface area (Å²) in [5.74, 6) is 0.637. The number of amides is 2. The van der Waals surface area contributed by atoms with Crippen LogP contribution in [0.15, 0.2) is 41.9 Å². The predicted molar refractivity (Wildman–Crippen MR) is 136 cm³/mol. The maximum absolute atomic E-state index is 13.3. The predicted octanol–water partition coefficient (Wildman–Crippen LogP) is 4.31. The van der Waals surface area contributed by atoms with E-state index in [1.54, 1.807) is 53.9 Å². The molecule has 0 bridgehead atoms. The van der Waals surface area contributed by atoms with Gasteiger partial charge in [0.15, 0.2) is 0 Å². The number of nitrogens with zero attached hydrogens (tertiary/aromatic N) is 4. The average Bonchev–Trinajstić information content (AvgIpc) is 3.21. The third-order valence-corrected chi connectivity index (χ3v) is 6.50. The monoisotopic (exact) mass is 524 g/mol. The number of ether oxygens (including phenoxy) is 5. The Morgan fingerprint density at radius 3 is 2.05 bits per heavy atom. The minimum absolute atomic E-state index is 0.0683. The molecule has 1 saturated heterocycles. The number of hydrogen-bond donors (Lipinski definition) is 0. The Morgan fingerprint density at radius 2 is 1.50 bits per heavy atom. The van der Waals surface area contributed by atoms with Gasteiger partial charge in [-0.1, -0.05) is 6.07 Å². The summed E-state index contributed by atoms with van der Waals surface area (Å²) in [6.07, 6.45) is 3.03. The minimum atomic E-state index is -0.984. The number of fused-ring (bicyclic) bond motifs is 3. The van der Waals surface area contributed by atoms with Crippen molar-refractivity contribution in [2.45, 2.75) is 58.3 Å². The van der Waals surface area contributed by atoms with Gasteiger partial charge in [0, 0.05) is 23.5 Å². The molecule has 11 nitrogen and oxygen atoms in total. The quantitative estimate of drug-likeness (QED) is 0.537. The first-order valence-corrected chi connectivity index (χ1v) is 12.4. The van der Waals surface area contributed by atoms with Gasteiger partial charge in [0.25, 0.3) is 0 Å². The SMILES string of the molecule is CC(C)(C)OC(=O)N(C(=O)OC(C)(C)C)C1=NC2(CO1)c1cc(-c3cncnc3)ccc1OCC21COC1. The molecule has 0 radical (unpaired) electrons. The molecule has 1 fully saturated rings. The molecule has 3 aliphatic heterocycles. The molecule has 202 valence electrons. The zero-order valence-electron chi connectivity index (χ0n) is 22.4. The number of aromatic nitrogens is 2. The summed E-state index contributed by atoms with van der Waals surface area (Å²) in [6, 6.07) is 5.57. The van der Waals surface area contributed by atoms with Gasteiger partial charge >= 0.3 is 18.2 Å². The topological polar surface area (TPSA) is 122 Å². The van der Waals surface area contributed by atoms with E-state index in [0.717, 1.165) is 21.6 Å². The number of imide groups is 1. The molecule has 11 heteroatoms. The summed E-state index contributed by atoms with van der Waals surface area (Å²) < 4.78 is 28.9. The first kappa shape index (κ1) is 25.9. The van der Waals surface area contributed by atoms with Crippen molar-refractivity contribution in [3.8, 4) is 16.9 Å².